The zero-order valence-electron chi connectivity index (χ0n) is 13.3. The number of likely N-dealkylation sites (tertiary alicyclic amines) is 1. The van der Waals surface area contributed by atoms with Gasteiger partial charge in [0.25, 0.3) is 0 Å². The van der Waals surface area contributed by atoms with Gasteiger partial charge in [-0.05, 0) is 12.0 Å². The van der Waals surface area contributed by atoms with Crippen LogP contribution < -0.4 is 10.6 Å². The quantitative estimate of drug-likeness (QED) is 0.678. The zero-order chi connectivity index (χ0) is 15.8. The van der Waals surface area contributed by atoms with Crippen molar-refractivity contribution in [2.75, 3.05) is 33.4 Å². The molecule has 1 atom stereocenters. The molecule has 1 unspecified atom stereocenters. The zero-order valence-corrected chi connectivity index (χ0v) is 14.1. The van der Waals surface area contributed by atoms with Crippen molar-refractivity contribution in [1.82, 2.24) is 15.5 Å². The van der Waals surface area contributed by atoms with Gasteiger partial charge in [-0.3, -0.25) is 9.59 Å². The van der Waals surface area contributed by atoms with Crippen LogP contribution in [0.25, 0.3) is 0 Å². The maximum absolute atomic E-state index is 12.3. The molecule has 0 aliphatic carbocycles. The van der Waals surface area contributed by atoms with Crippen LogP contribution in [-0.2, 0) is 20.9 Å². The topological polar surface area (TPSA) is 70.7 Å². The lowest BCUT2D eigenvalue weighted by Crippen LogP contribution is -2.45. The van der Waals surface area contributed by atoms with E-state index in [4.69, 9.17) is 4.74 Å². The number of nitrogens with one attached hydrogen (secondary N) is 2. The highest BCUT2D eigenvalue weighted by atomic mass is 35.5. The maximum atomic E-state index is 12.3. The average Bonchev–Trinajstić information content (AvgIpc) is 2.86. The van der Waals surface area contributed by atoms with E-state index in [1.165, 1.54) is 0 Å². The van der Waals surface area contributed by atoms with Gasteiger partial charge in [-0.2, -0.15) is 0 Å². The average molecular weight is 342 g/mol. The van der Waals surface area contributed by atoms with Crippen LogP contribution in [0.15, 0.2) is 30.3 Å². The highest BCUT2D eigenvalue weighted by Gasteiger charge is 2.32. The number of benzene rings is 1. The van der Waals surface area contributed by atoms with Gasteiger partial charge in [0, 0.05) is 26.7 Å². The van der Waals surface area contributed by atoms with Crippen molar-refractivity contribution in [3.63, 3.8) is 0 Å². The van der Waals surface area contributed by atoms with Gasteiger partial charge in [0.1, 0.15) is 6.04 Å². The van der Waals surface area contributed by atoms with Gasteiger partial charge in [-0.15, -0.1) is 12.4 Å². The Balaban J connectivity index is 0.00000264. The number of carbonyl (C=O) groups excluding carboxylic acids is 2. The largest absolute Gasteiger partial charge is 0.383 e. The first kappa shape index (κ1) is 19.4. The number of halogens is 1. The van der Waals surface area contributed by atoms with Gasteiger partial charge in [0.15, 0.2) is 0 Å². The van der Waals surface area contributed by atoms with Gasteiger partial charge >= 0.3 is 0 Å². The van der Waals surface area contributed by atoms with Gasteiger partial charge in [0.05, 0.1) is 13.2 Å². The minimum absolute atomic E-state index is 0. The van der Waals surface area contributed by atoms with Crippen molar-refractivity contribution in [2.45, 2.75) is 19.0 Å². The molecular formula is C16H24ClN3O3. The smallest absolute Gasteiger partial charge is 0.245 e. The normalized spacial score (nSPS) is 17.0. The Bertz CT molecular complexity index is 499. The summed E-state index contributed by atoms with van der Waals surface area (Å²) in [4.78, 5) is 25.9. The molecule has 1 aromatic carbocycles. The van der Waals surface area contributed by atoms with Gasteiger partial charge < -0.3 is 20.3 Å². The van der Waals surface area contributed by atoms with Crippen LogP contribution in [-0.4, -0.2) is 56.1 Å². The summed E-state index contributed by atoms with van der Waals surface area (Å²) in [6.07, 6.45) is 0.662. The lowest BCUT2D eigenvalue weighted by molar-refractivity contribution is -0.132. The number of hydrogen-bond acceptors (Lipinski definition) is 4. The van der Waals surface area contributed by atoms with E-state index in [0.717, 1.165) is 5.56 Å². The van der Waals surface area contributed by atoms with E-state index in [1.807, 2.05) is 30.3 Å². The van der Waals surface area contributed by atoms with Crippen LogP contribution in [0.3, 0.4) is 0 Å². The molecule has 0 bridgehead atoms. The van der Waals surface area contributed by atoms with Crippen LogP contribution in [0.4, 0.5) is 0 Å². The summed E-state index contributed by atoms with van der Waals surface area (Å²) in [5.41, 5.74) is 1.10. The Morgan fingerprint density at radius 1 is 1.35 bits per heavy atom. The molecule has 0 radical (unpaired) electrons. The molecule has 0 saturated carbocycles. The van der Waals surface area contributed by atoms with Crippen molar-refractivity contribution < 1.29 is 14.3 Å². The van der Waals surface area contributed by atoms with Crippen molar-refractivity contribution >= 4 is 24.2 Å². The van der Waals surface area contributed by atoms with E-state index in [9.17, 15) is 9.59 Å². The van der Waals surface area contributed by atoms with Crippen molar-refractivity contribution in [1.29, 1.82) is 0 Å². The third-order valence-electron chi connectivity index (χ3n) is 3.62. The van der Waals surface area contributed by atoms with E-state index in [-0.39, 0.29) is 30.8 Å². The first-order valence-corrected chi connectivity index (χ1v) is 7.52. The minimum Gasteiger partial charge on any atom is -0.383 e. The number of ether oxygens (including phenoxy) is 1. The van der Waals surface area contributed by atoms with Crippen LogP contribution in [0.5, 0.6) is 0 Å². The predicted molar refractivity (Wildman–Crippen MR) is 90.4 cm³/mol. The van der Waals surface area contributed by atoms with Gasteiger partial charge in [-0.1, -0.05) is 30.3 Å². The summed E-state index contributed by atoms with van der Waals surface area (Å²) in [5, 5.41) is 5.75. The molecule has 2 amide bonds. The maximum Gasteiger partial charge on any atom is 0.245 e. The Labute approximate surface area is 143 Å². The first-order chi connectivity index (χ1) is 10.7. The number of hydrogen-bond donors (Lipinski definition) is 2. The lowest BCUT2D eigenvalue weighted by atomic mass is 10.2. The fourth-order valence-electron chi connectivity index (χ4n) is 2.46. The SMILES string of the molecule is COCCNCC(=O)NC1CCN(Cc2ccccc2)C1=O.Cl. The summed E-state index contributed by atoms with van der Waals surface area (Å²) in [5.74, 6) is -0.162. The molecule has 1 aliphatic heterocycles. The van der Waals surface area contributed by atoms with Crippen LogP contribution >= 0.6 is 12.4 Å². The number of nitrogens with zero attached hydrogens (tertiary/aromatic N) is 1. The summed E-state index contributed by atoms with van der Waals surface area (Å²) < 4.78 is 4.89. The summed E-state index contributed by atoms with van der Waals surface area (Å²) in [6, 6.07) is 9.47. The van der Waals surface area contributed by atoms with Crippen molar-refractivity contribution in [3.8, 4) is 0 Å². The van der Waals surface area contributed by atoms with E-state index < -0.39 is 6.04 Å². The molecule has 1 aromatic rings. The van der Waals surface area contributed by atoms with Crippen LogP contribution in [0, 0.1) is 0 Å². The van der Waals surface area contributed by atoms with Gasteiger partial charge in [0.2, 0.25) is 11.8 Å². The molecule has 1 saturated heterocycles. The van der Waals surface area contributed by atoms with Crippen molar-refractivity contribution in [2.24, 2.45) is 0 Å². The monoisotopic (exact) mass is 341 g/mol. The highest BCUT2D eigenvalue weighted by molar-refractivity contribution is 5.89. The molecule has 2 N–H and O–H groups in total. The second-order valence-corrected chi connectivity index (χ2v) is 5.32. The molecule has 6 nitrogen and oxygen atoms in total. The number of rotatable bonds is 8. The Morgan fingerprint density at radius 2 is 2.09 bits per heavy atom. The van der Waals surface area contributed by atoms with Gasteiger partial charge in [-0.25, -0.2) is 0 Å². The molecule has 0 spiro atoms. The molecule has 1 fully saturated rings. The van der Waals surface area contributed by atoms with E-state index in [2.05, 4.69) is 10.6 Å². The predicted octanol–water partition coefficient (Wildman–Crippen LogP) is 0.562. The molecule has 23 heavy (non-hydrogen) atoms. The number of amides is 2. The Morgan fingerprint density at radius 3 is 2.78 bits per heavy atom. The Kier molecular flexibility index (Phi) is 8.61. The molecule has 1 heterocycles. The third-order valence-corrected chi connectivity index (χ3v) is 3.62. The lowest BCUT2D eigenvalue weighted by Gasteiger charge is -2.17. The second-order valence-electron chi connectivity index (χ2n) is 5.32. The minimum atomic E-state index is -0.402. The molecule has 7 heteroatoms. The molecule has 0 aromatic heterocycles. The molecule has 128 valence electrons. The second kappa shape index (κ2) is 10.2. The number of carbonyl (C=O) groups is 2. The van der Waals surface area contributed by atoms with Crippen LogP contribution in [0.1, 0.15) is 12.0 Å². The highest BCUT2D eigenvalue weighted by Crippen LogP contribution is 2.14. The fourth-order valence-corrected chi connectivity index (χ4v) is 2.46. The standard InChI is InChI=1S/C16H23N3O3.ClH/c1-22-10-8-17-11-15(20)18-14-7-9-19(16(14)21)12-13-5-3-2-4-6-13;/h2-6,14,17H,7-12H2,1H3,(H,18,20);1H. The summed E-state index contributed by atoms with van der Waals surface area (Å²) >= 11 is 0. The number of methoxy groups -OCH3 is 1. The molecule has 1 aliphatic rings. The summed E-state index contributed by atoms with van der Waals surface area (Å²) in [7, 11) is 1.61. The van der Waals surface area contributed by atoms with Crippen LogP contribution in [0.2, 0.25) is 0 Å². The van der Waals surface area contributed by atoms with E-state index in [0.29, 0.717) is 32.7 Å². The van der Waals surface area contributed by atoms with Crippen molar-refractivity contribution in [3.05, 3.63) is 35.9 Å². The fraction of sp³-hybridized carbons (Fsp3) is 0.500. The van der Waals surface area contributed by atoms with E-state index in [1.54, 1.807) is 12.0 Å². The third kappa shape index (κ3) is 6.17. The molecule has 2 rings (SSSR count). The van der Waals surface area contributed by atoms with E-state index >= 15 is 0 Å². The Hall–Kier alpha value is -1.63. The first-order valence-electron chi connectivity index (χ1n) is 7.52. The molecular weight excluding hydrogens is 318 g/mol. The summed E-state index contributed by atoms with van der Waals surface area (Å²) in [6.45, 7) is 2.64.